The van der Waals surface area contributed by atoms with E-state index in [9.17, 15) is 14.7 Å². The molecule has 0 amide bonds. The highest BCUT2D eigenvalue weighted by molar-refractivity contribution is 5.72. The number of hydrogen-bond donors (Lipinski definition) is 1. The van der Waals surface area contributed by atoms with E-state index in [2.05, 4.69) is 0 Å². The lowest BCUT2D eigenvalue weighted by molar-refractivity contribution is -0.149. The topological polar surface area (TPSA) is 90.7 Å². The van der Waals surface area contributed by atoms with Crippen molar-refractivity contribution < 1.29 is 19.4 Å². The number of hydrogen-bond acceptors (Lipinski definition) is 5. The first-order valence-electron chi connectivity index (χ1n) is 11.1. The van der Waals surface area contributed by atoms with Gasteiger partial charge in [0.05, 0.1) is 12.2 Å². The van der Waals surface area contributed by atoms with Crippen LogP contribution in [0.2, 0.25) is 0 Å². The summed E-state index contributed by atoms with van der Waals surface area (Å²) in [5, 5.41) is 9.23. The van der Waals surface area contributed by atoms with Crippen LogP contribution in [-0.2, 0) is 22.5 Å². The highest BCUT2D eigenvalue weighted by Gasteiger charge is 2.18. The summed E-state index contributed by atoms with van der Waals surface area (Å²) in [6.45, 7) is 6.83. The Balaban J connectivity index is 1.66. The molecule has 1 aromatic heterocycles. The Labute approximate surface area is 193 Å². The molecule has 7 heteroatoms. The molecule has 33 heavy (non-hydrogen) atoms. The molecule has 0 radical (unpaired) electrons. The smallest absolute Gasteiger partial charge is 0.333 e. The Bertz CT molecular complexity index is 1110. The Morgan fingerprint density at radius 2 is 1.79 bits per heavy atom. The first-order chi connectivity index (χ1) is 15.9. The second-order valence-electron chi connectivity index (χ2n) is 7.99. The van der Waals surface area contributed by atoms with E-state index in [1.165, 1.54) is 0 Å². The van der Waals surface area contributed by atoms with Crippen molar-refractivity contribution in [3.63, 3.8) is 0 Å². The van der Waals surface area contributed by atoms with Crippen molar-refractivity contribution in [2.24, 2.45) is 0 Å². The van der Waals surface area contributed by atoms with Gasteiger partial charge in [0, 0.05) is 30.6 Å². The molecule has 0 spiro atoms. The van der Waals surface area contributed by atoms with Gasteiger partial charge in [0.1, 0.15) is 18.2 Å². The molecule has 0 aliphatic heterocycles. The van der Waals surface area contributed by atoms with Gasteiger partial charge in [-0.25, -0.2) is 9.78 Å². The first-order valence-corrected chi connectivity index (χ1v) is 11.1. The van der Waals surface area contributed by atoms with Crippen molar-refractivity contribution in [1.82, 2.24) is 9.55 Å². The van der Waals surface area contributed by atoms with Crippen LogP contribution in [0, 0.1) is 0 Å². The van der Waals surface area contributed by atoms with Crippen LogP contribution < -0.4 is 10.3 Å². The van der Waals surface area contributed by atoms with Crippen molar-refractivity contribution in [3.05, 3.63) is 82.4 Å². The van der Waals surface area contributed by atoms with Gasteiger partial charge in [-0.05, 0) is 24.6 Å². The predicted octanol–water partition coefficient (Wildman–Crippen LogP) is 4.14. The van der Waals surface area contributed by atoms with E-state index in [1.54, 1.807) is 29.7 Å². The third-order valence-electron chi connectivity index (χ3n) is 5.20. The molecular formula is C26H30N2O5. The summed E-state index contributed by atoms with van der Waals surface area (Å²) < 4.78 is 12.8. The van der Waals surface area contributed by atoms with Crippen molar-refractivity contribution in [1.29, 1.82) is 0 Å². The molecule has 1 atom stereocenters. The van der Waals surface area contributed by atoms with Crippen LogP contribution in [0.15, 0.2) is 65.5 Å². The molecule has 174 valence electrons. The lowest BCUT2D eigenvalue weighted by Crippen LogP contribution is -2.28. The van der Waals surface area contributed by atoms with Gasteiger partial charge in [-0.1, -0.05) is 56.3 Å². The zero-order chi connectivity index (χ0) is 23.8. The Hall–Kier alpha value is -3.45. The molecule has 3 rings (SSSR count). The molecule has 0 saturated carbocycles. The molecule has 0 saturated heterocycles. The SMILES string of the molecule is CCOC(Cc1ccc(OCCn2c(C(C)C)nc(-c3ccccc3)cc2=O)cc1)C(=O)O. The number of aliphatic carboxylic acids is 1. The highest BCUT2D eigenvalue weighted by atomic mass is 16.5. The monoisotopic (exact) mass is 450 g/mol. The minimum Gasteiger partial charge on any atom is -0.492 e. The minimum atomic E-state index is -0.976. The van der Waals surface area contributed by atoms with E-state index in [-0.39, 0.29) is 17.9 Å². The lowest BCUT2D eigenvalue weighted by Gasteiger charge is -2.17. The van der Waals surface area contributed by atoms with Gasteiger partial charge in [-0.2, -0.15) is 0 Å². The van der Waals surface area contributed by atoms with Gasteiger partial charge in [0.2, 0.25) is 0 Å². The van der Waals surface area contributed by atoms with Gasteiger partial charge in [0.15, 0.2) is 6.10 Å². The molecule has 0 aliphatic rings. The van der Waals surface area contributed by atoms with E-state index < -0.39 is 12.1 Å². The summed E-state index contributed by atoms with van der Waals surface area (Å²) in [5.74, 6) is 0.467. The molecule has 3 aromatic rings. The first kappa shape index (κ1) is 24.2. The Morgan fingerprint density at radius 1 is 1.09 bits per heavy atom. The molecule has 1 heterocycles. The molecule has 0 aliphatic carbocycles. The second-order valence-corrected chi connectivity index (χ2v) is 7.99. The molecule has 7 nitrogen and oxygen atoms in total. The average Bonchev–Trinajstić information content (AvgIpc) is 2.81. The van der Waals surface area contributed by atoms with Crippen LogP contribution in [0.5, 0.6) is 5.75 Å². The predicted molar refractivity (Wildman–Crippen MR) is 127 cm³/mol. The van der Waals surface area contributed by atoms with Crippen LogP contribution >= 0.6 is 0 Å². The van der Waals surface area contributed by atoms with Crippen molar-refractivity contribution in [2.45, 2.75) is 45.8 Å². The van der Waals surface area contributed by atoms with Crippen LogP contribution in [0.4, 0.5) is 0 Å². The van der Waals surface area contributed by atoms with Gasteiger partial charge in [0.25, 0.3) is 5.56 Å². The standard InChI is InChI=1S/C26H30N2O5/c1-4-32-23(26(30)31)16-19-10-12-21(13-11-19)33-15-14-28-24(29)17-22(27-25(28)18(2)3)20-8-6-5-7-9-20/h5-13,17-18,23H,4,14-16H2,1-3H3,(H,30,31). The van der Waals surface area contributed by atoms with E-state index in [0.717, 1.165) is 17.0 Å². The summed E-state index contributed by atoms with van der Waals surface area (Å²) in [6.07, 6.45) is -0.579. The summed E-state index contributed by atoms with van der Waals surface area (Å²) in [7, 11) is 0. The third-order valence-corrected chi connectivity index (χ3v) is 5.20. The maximum atomic E-state index is 12.8. The van der Waals surface area contributed by atoms with Crippen LogP contribution in [0.25, 0.3) is 11.3 Å². The average molecular weight is 451 g/mol. The summed E-state index contributed by atoms with van der Waals surface area (Å²) >= 11 is 0. The van der Waals surface area contributed by atoms with Gasteiger partial charge in [-0.3, -0.25) is 9.36 Å². The van der Waals surface area contributed by atoms with E-state index in [0.29, 0.717) is 31.2 Å². The molecule has 0 fully saturated rings. The van der Waals surface area contributed by atoms with E-state index in [1.807, 2.05) is 56.3 Å². The van der Waals surface area contributed by atoms with Crippen LogP contribution in [0.1, 0.15) is 38.1 Å². The second kappa shape index (κ2) is 11.4. The normalized spacial score (nSPS) is 12.0. The largest absolute Gasteiger partial charge is 0.492 e. The maximum absolute atomic E-state index is 12.8. The maximum Gasteiger partial charge on any atom is 0.333 e. The van der Waals surface area contributed by atoms with Crippen LogP contribution in [0.3, 0.4) is 0 Å². The Morgan fingerprint density at radius 3 is 2.39 bits per heavy atom. The van der Waals surface area contributed by atoms with Crippen LogP contribution in [-0.4, -0.2) is 39.9 Å². The number of nitrogens with zero attached hydrogens (tertiary/aromatic N) is 2. The fraction of sp³-hybridized carbons (Fsp3) is 0.346. The molecule has 1 N–H and O–H groups in total. The van der Waals surface area contributed by atoms with Gasteiger partial charge < -0.3 is 14.6 Å². The number of benzene rings is 2. The summed E-state index contributed by atoms with van der Waals surface area (Å²) in [5.41, 5.74) is 2.32. The molecular weight excluding hydrogens is 420 g/mol. The number of carbonyl (C=O) groups is 1. The zero-order valence-corrected chi connectivity index (χ0v) is 19.2. The number of rotatable bonds is 11. The zero-order valence-electron chi connectivity index (χ0n) is 19.2. The molecule has 1 unspecified atom stereocenters. The third kappa shape index (κ3) is 6.52. The summed E-state index contributed by atoms with van der Waals surface area (Å²) in [6, 6.07) is 18.5. The fourth-order valence-corrected chi connectivity index (χ4v) is 3.56. The van der Waals surface area contributed by atoms with E-state index in [4.69, 9.17) is 14.5 Å². The lowest BCUT2D eigenvalue weighted by atomic mass is 10.1. The van der Waals surface area contributed by atoms with Crippen molar-refractivity contribution in [3.8, 4) is 17.0 Å². The van der Waals surface area contributed by atoms with Gasteiger partial charge in [-0.15, -0.1) is 0 Å². The quantitative estimate of drug-likeness (QED) is 0.472. The Kier molecular flexibility index (Phi) is 8.38. The fourth-order valence-electron chi connectivity index (χ4n) is 3.56. The van der Waals surface area contributed by atoms with Crippen molar-refractivity contribution >= 4 is 5.97 Å². The van der Waals surface area contributed by atoms with E-state index >= 15 is 0 Å². The molecule has 2 aromatic carbocycles. The summed E-state index contributed by atoms with van der Waals surface area (Å²) in [4.78, 5) is 28.8. The van der Waals surface area contributed by atoms with Crippen molar-refractivity contribution in [2.75, 3.05) is 13.2 Å². The molecule has 0 bridgehead atoms. The number of carboxylic acid groups (broad SMARTS) is 1. The highest BCUT2D eigenvalue weighted by Crippen LogP contribution is 2.19. The van der Waals surface area contributed by atoms with Gasteiger partial charge >= 0.3 is 5.97 Å². The number of aromatic nitrogens is 2. The number of ether oxygens (including phenoxy) is 2. The minimum absolute atomic E-state index is 0.0770. The number of carboxylic acids is 1.